The van der Waals surface area contributed by atoms with Crippen molar-refractivity contribution in [2.45, 2.75) is 45.1 Å². The molecule has 0 aliphatic rings. The molecule has 0 heterocycles. The Morgan fingerprint density at radius 1 is 0.905 bits per heavy atom. The van der Waals surface area contributed by atoms with E-state index < -0.39 is 0 Å². The molecule has 0 aliphatic heterocycles. The summed E-state index contributed by atoms with van der Waals surface area (Å²) in [7, 11) is 0. The van der Waals surface area contributed by atoms with Crippen LogP contribution in [-0.4, -0.2) is 6.04 Å². The van der Waals surface area contributed by atoms with E-state index in [9.17, 15) is 0 Å². The van der Waals surface area contributed by atoms with Crippen LogP contribution in [0.5, 0.6) is 0 Å². The lowest BCUT2D eigenvalue weighted by Crippen LogP contribution is -2.35. The molecule has 0 bridgehead atoms. The second kappa shape index (κ2) is 8.60. The average Bonchev–Trinajstić information content (AvgIpc) is 2.52. The first kappa shape index (κ1) is 15.7. The molecule has 1 atom stereocenters. The smallest absolute Gasteiger partial charge is 0.0213 e. The topological polar surface area (TPSA) is 38.0 Å². The third kappa shape index (κ3) is 5.70. The summed E-state index contributed by atoms with van der Waals surface area (Å²) < 4.78 is 0. The highest BCUT2D eigenvalue weighted by molar-refractivity contribution is 5.22. The lowest BCUT2D eigenvalue weighted by molar-refractivity contribution is 0.451. The van der Waals surface area contributed by atoms with Gasteiger partial charge in [0.2, 0.25) is 0 Å². The van der Waals surface area contributed by atoms with Gasteiger partial charge in [0.1, 0.15) is 0 Å². The highest BCUT2D eigenvalue weighted by Gasteiger charge is 2.07. The minimum Gasteiger partial charge on any atom is -0.271 e. The fourth-order valence-electron chi connectivity index (χ4n) is 2.72. The SMILES string of the molecule is Cc1cccc(CCC(CCCc2ccccc2)NN)c1. The zero-order valence-corrected chi connectivity index (χ0v) is 12.9. The van der Waals surface area contributed by atoms with Crippen LogP contribution < -0.4 is 11.3 Å². The number of hydrazine groups is 1. The number of hydrogen-bond donors (Lipinski definition) is 2. The quantitative estimate of drug-likeness (QED) is 0.571. The first-order chi connectivity index (χ1) is 10.3. The van der Waals surface area contributed by atoms with E-state index in [0.717, 1.165) is 25.7 Å². The Morgan fingerprint density at radius 2 is 1.67 bits per heavy atom. The van der Waals surface area contributed by atoms with Crippen molar-refractivity contribution < 1.29 is 0 Å². The number of nitrogens with two attached hydrogens (primary N) is 1. The Balaban J connectivity index is 1.73. The molecule has 0 saturated carbocycles. The molecular formula is C19H26N2. The highest BCUT2D eigenvalue weighted by atomic mass is 15.2. The molecule has 112 valence electrons. The zero-order chi connectivity index (χ0) is 14.9. The van der Waals surface area contributed by atoms with Gasteiger partial charge in [-0.15, -0.1) is 0 Å². The maximum atomic E-state index is 5.70. The summed E-state index contributed by atoms with van der Waals surface area (Å²) in [5, 5.41) is 0. The first-order valence-electron chi connectivity index (χ1n) is 7.83. The van der Waals surface area contributed by atoms with Crippen LogP contribution in [0.2, 0.25) is 0 Å². The van der Waals surface area contributed by atoms with E-state index in [0.29, 0.717) is 6.04 Å². The van der Waals surface area contributed by atoms with Gasteiger partial charge in [-0.2, -0.15) is 0 Å². The van der Waals surface area contributed by atoms with Crippen molar-refractivity contribution in [1.82, 2.24) is 5.43 Å². The maximum absolute atomic E-state index is 5.70. The van der Waals surface area contributed by atoms with Gasteiger partial charge in [0.05, 0.1) is 0 Å². The highest BCUT2D eigenvalue weighted by Crippen LogP contribution is 2.12. The molecule has 0 aliphatic carbocycles. The Kier molecular flexibility index (Phi) is 6.45. The molecule has 2 heteroatoms. The minimum absolute atomic E-state index is 0.397. The van der Waals surface area contributed by atoms with Gasteiger partial charge in [-0.05, 0) is 50.2 Å². The molecule has 2 rings (SSSR count). The molecule has 0 aromatic heterocycles. The minimum atomic E-state index is 0.397. The van der Waals surface area contributed by atoms with E-state index in [2.05, 4.69) is 66.9 Å². The van der Waals surface area contributed by atoms with Gasteiger partial charge >= 0.3 is 0 Å². The van der Waals surface area contributed by atoms with E-state index >= 15 is 0 Å². The van der Waals surface area contributed by atoms with Crippen LogP contribution in [0.25, 0.3) is 0 Å². The number of nitrogens with one attached hydrogen (secondary N) is 1. The summed E-state index contributed by atoms with van der Waals surface area (Å²) in [5.41, 5.74) is 7.11. The molecule has 3 N–H and O–H groups in total. The van der Waals surface area contributed by atoms with Crippen molar-refractivity contribution in [3.8, 4) is 0 Å². The van der Waals surface area contributed by atoms with Crippen LogP contribution in [-0.2, 0) is 12.8 Å². The van der Waals surface area contributed by atoms with Crippen molar-refractivity contribution in [2.24, 2.45) is 5.84 Å². The summed E-state index contributed by atoms with van der Waals surface area (Å²) in [6.07, 6.45) is 5.60. The molecule has 1 unspecified atom stereocenters. The summed E-state index contributed by atoms with van der Waals surface area (Å²) in [6.45, 7) is 2.14. The van der Waals surface area contributed by atoms with Crippen molar-refractivity contribution in [3.63, 3.8) is 0 Å². The van der Waals surface area contributed by atoms with Gasteiger partial charge in [0, 0.05) is 6.04 Å². The second-order valence-electron chi connectivity index (χ2n) is 5.77. The normalized spacial score (nSPS) is 12.3. The zero-order valence-electron chi connectivity index (χ0n) is 12.9. The van der Waals surface area contributed by atoms with Gasteiger partial charge in [-0.25, -0.2) is 0 Å². The summed E-state index contributed by atoms with van der Waals surface area (Å²) >= 11 is 0. The van der Waals surface area contributed by atoms with Crippen LogP contribution >= 0.6 is 0 Å². The summed E-state index contributed by atoms with van der Waals surface area (Å²) in [4.78, 5) is 0. The number of rotatable bonds is 8. The van der Waals surface area contributed by atoms with Crippen LogP contribution in [0, 0.1) is 6.92 Å². The monoisotopic (exact) mass is 282 g/mol. The molecule has 2 aromatic carbocycles. The molecule has 2 nitrogen and oxygen atoms in total. The fourth-order valence-corrected chi connectivity index (χ4v) is 2.72. The summed E-state index contributed by atoms with van der Waals surface area (Å²) in [6, 6.07) is 19.8. The van der Waals surface area contributed by atoms with Crippen molar-refractivity contribution in [3.05, 3.63) is 71.3 Å². The molecule has 0 amide bonds. The number of hydrogen-bond acceptors (Lipinski definition) is 2. The molecule has 0 radical (unpaired) electrons. The Bertz CT molecular complexity index is 522. The number of aryl methyl sites for hydroxylation is 3. The van der Waals surface area contributed by atoms with E-state index in [1.165, 1.54) is 23.1 Å². The van der Waals surface area contributed by atoms with Crippen LogP contribution in [0.15, 0.2) is 54.6 Å². The van der Waals surface area contributed by atoms with Crippen LogP contribution in [0.1, 0.15) is 36.0 Å². The summed E-state index contributed by atoms with van der Waals surface area (Å²) in [5.74, 6) is 5.70. The van der Waals surface area contributed by atoms with Gasteiger partial charge in [-0.1, -0.05) is 60.2 Å². The Hall–Kier alpha value is -1.64. The molecular weight excluding hydrogens is 256 g/mol. The third-order valence-corrected chi connectivity index (χ3v) is 3.96. The van der Waals surface area contributed by atoms with E-state index in [1.54, 1.807) is 0 Å². The fraction of sp³-hybridized carbons (Fsp3) is 0.368. The molecule has 21 heavy (non-hydrogen) atoms. The van der Waals surface area contributed by atoms with Gasteiger partial charge < -0.3 is 0 Å². The second-order valence-corrected chi connectivity index (χ2v) is 5.77. The predicted molar refractivity (Wildman–Crippen MR) is 90.0 cm³/mol. The van der Waals surface area contributed by atoms with Crippen molar-refractivity contribution >= 4 is 0 Å². The van der Waals surface area contributed by atoms with Crippen molar-refractivity contribution in [1.29, 1.82) is 0 Å². The molecule has 0 spiro atoms. The third-order valence-electron chi connectivity index (χ3n) is 3.96. The average molecular weight is 282 g/mol. The van der Waals surface area contributed by atoms with Crippen LogP contribution in [0.3, 0.4) is 0 Å². The maximum Gasteiger partial charge on any atom is 0.0213 e. The molecule has 2 aromatic rings. The van der Waals surface area contributed by atoms with Gasteiger partial charge in [-0.3, -0.25) is 11.3 Å². The Labute approximate surface area is 128 Å². The Morgan fingerprint density at radius 3 is 2.38 bits per heavy atom. The molecule has 0 fully saturated rings. The van der Waals surface area contributed by atoms with Crippen LogP contribution in [0.4, 0.5) is 0 Å². The largest absolute Gasteiger partial charge is 0.271 e. The molecule has 0 saturated heterocycles. The standard InChI is InChI=1S/C19H26N2/c1-16-7-5-11-18(15-16)13-14-19(21-20)12-6-10-17-8-3-2-4-9-17/h2-5,7-9,11,15,19,21H,6,10,12-14,20H2,1H3. The van der Waals surface area contributed by atoms with E-state index in [1.807, 2.05) is 0 Å². The number of benzene rings is 2. The van der Waals surface area contributed by atoms with E-state index in [-0.39, 0.29) is 0 Å². The lowest BCUT2D eigenvalue weighted by atomic mass is 9.99. The van der Waals surface area contributed by atoms with E-state index in [4.69, 9.17) is 5.84 Å². The van der Waals surface area contributed by atoms with Crippen molar-refractivity contribution in [2.75, 3.05) is 0 Å². The van der Waals surface area contributed by atoms with Gasteiger partial charge in [0.25, 0.3) is 0 Å². The first-order valence-corrected chi connectivity index (χ1v) is 7.83. The van der Waals surface area contributed by atoms with Gasteiger partial charge in [0.15, 0.2) is 0 Å². The predicted octanol–water partition coefficient (Wildman–Crippen LogP) is 3.78. The lowest BCUT2D eigenvalue weighted by Gasteiger charge is -2.16.